The molecule has 0 bridgehead atoms. The number of nitrogens with zero attached hydrogens (tertiary/aromatic N) is 3. The van der Waals surface area contributed by atoms with Crippen LogP contribution in [0.15, 0.2) is 18.2 Å². The summed E-state index contributed by atoms with van der Waals surface area (Å²) in [5.41, 5.74) is 1.98. The maximum atomic E-state index is 9.49. The number of aromatic nitrogens is 3. The van der Waals surface area contributed by atoms with Crippen molar-refractivity contribution in [3.8, 4) is 17.1 Å². The fourth-order valence-corrected chi connectivity index (χ4v) is 1.88. The first kappa shape index (κ1) is 12.6. The van der Waals surface area contributed by atoms with Crippen LogP contribution in [0.4, 0.5) is 0 Å². The van der Waals surface area contributed by atoms with E-state index in [0.29, 0.717) is 12.4 Å². The van der Waals surface area contributed by atoms with E-state index in [-0.39, 0.29) is 5.75 Å². The van der Waals surface area contributed by atoms with Crippen LogP contribution >= 0.6 is 0 Å². The van der Waals surface area contributed by atoms with Gasteiger partial charge in [0.2, 0.25) is 0 Å². The summed E-state index contributed by atoms with van der Waals surface area (Å²) in [4.78, 5) is 4.45. The van der Waals surface area contributed by atoms with Gasteiger partial charge in [0.25, 0.3) is 0 Å². The lowest BCUT2D eigenvalue weighted by molar-refractivity contribution is 0.174. The molecule has 2 rings (SSSR count). The van der Waals surface area contributed by atoms with E-state index in [9.17, 15) is 5.11 Å². The SMILES string of the molecule is CCc1cc(O)ccc1-c1nc(COC)n(C)n1. The molecule has 5 heteroatoms. The molecule has 0 amide bonds. The molecule has 0 aliphatic heterocycles. The third kappa shape index (κ3) is 2.36. The van der Waals surface area contributed by atoms with Crippen molar-refractivity contribution < 1.29 is 9.84 Å². The predicted octanol–water partition coefficient (Wildman–Crippen LogP) is 1.90. The Balaban J connectivity index is 2.45. The first-order valence-electron chi connectivity index (χ1n) is 5.86. The van der Waals surface area contributed by atoms with Crippen molar-refractivity contribution in [2.75, 3.05) is 7.11 Å². The highest BCUT2D eigenvalue weighted by atomic mass is 16.5. The number of benzene rings is 1. The predicted molar refractivity (Wildman–Crippen MR) is 68.2 cm³/mol. The molecule has 1 heterocycles. The molecule has 5 nitrogen and oxygen atoms in total. The molecule has 0 unspecified atom stereocenters. The van der Waals surface area contributed by atoms with E-state index >= 15 is 0 Å². The maximum absolute atomic E-state index is 9.49. The van der Waals surface area contributed by atoms with Gasteiger partial charge in [-0.3, -0.25) is 4.68 Å². The molecule has 0 saturated carbocycles. The second-order valence-corrected chi connectivity index (χ2v) is 4.10. The quantitative estimate of drug-likeness (QED) is 0.896. The molecule has 0 saturated heterocycles. The van der Waals surface area contributed by atoms with Crippen molar-refractivity contribution in [3.05, 3.63) is 29.6 Å². The summed E-state index contributed by atoms with van der Waals surface area (Å²) < 4.78 is 6.78. The van der Waals surface area contributed by atoms with E-state index in [1.54, 1.807) is 23.9 Å². The van der Waals surface area contributed by atoms with Gasteiger partial charge < -0.3 is 9.84 Å². The highest BCUT2D eigenvalue weighted by Gasteiger charge is 2.12. The van der Waals surface area contributed by atoms with Crippen LogP contribution in [-0.2, 0) is 24.8 Å². The monoisotopic (exact) mass is 247 g/mol. The molecule has 1 aromatic heterocycles. The van der Waals surface area contributed by atoms with Crippen molar-refractivity contribution in [1.29, 1.82) is 0 Å². The second-order valence-electron chi connectivity index (χ2n) is 4.10. The number of rotatable bonds is 4. The summed E-state index contributed by atoms with van der Waals surface area (Å²) in [5.74, 6) is 1.72. The van der Waals surface area contributed by atoms with E-state index in [1.807, 2.05) is 20.0 Å². The van der Waals surface area contributed by atoms with E-state index in [0.717, 1.165) is 23.4 Å². The molecule has 0 atom stereocenters. The Labute approximate surface area is 106 Å². The number of hydrogen-bond donors (Lipinski definition) is 1. The Bertz CT molecular complexity index is 549. The van der Waals surface area contributed by atoms with Crippen LogP contribution < -0.4 is 0 Å². The van der Waals surface area contributed by atoms with Gasteiger partial charge in [-0.05, 0) is 30.2 Å². The van der Waals surface area contributed by atoms with Gasteiger partial charge in [-0.1, -0.05) is 6.92 Å². The zero-order chi connectivity index (χ0) is 13.1. The van der Waals surface area contributed by atoms with Crippen LogP contribution in [-0.4, -0.2) is 27.0 Å². The highest BCUT2D eigenvalue weighted by molar-refractivity contribution is 5.61. The molecule has 0 radical (unpaired) electrons. The molecule has 1 N–H and O–H groups in total. The molecule has 0 aliphatic rings. The number of aromatic hydroxyl groups is 1. The summed E-state index contributed by atoms with van der Waals surface area (Å²) in [5, 5.41) is 13.9. The molecule has 0 aliphatic carbocycles. The lowest BCUT2D eigenvalue weighted by Crippen LogP contribution is -2.00. The summed E-state index contributed by atoms with van der Waals surface area (Å²) in [6.45, 7) is 2.47. The Morgan fingerprint density at radius 3 is 2.83 bits per heavy atom. The van der Waals surface area contributed by atoms with Crippen molar-refractivity contribution in [1.82, 2.24) is 14.8 Å². The van der Waals surface area contributed by atoms with Gasteiger partial charge >= 0.3 is 0 Å². The minimum Gasteiger partial charge on any atom is -0.508 e. The summed E-state index contributed by atoms with van der Waals surface area (Å²) in [6.07, 6.45) is 0.821. The smallest absolute Gasteiger partial charge is 0.181 e. The zero-order valence-electron chi connectivity index (χ0n) is 10.8. The molecule has 18 heavy (non-hydrogen) atoms. The Morgan fingerprint density at radius 1 is 1.39 bits per heavy atom. The van der Waals surface area contributed by atoms with Crippen LogP contribution in [0.2, 0.25) is 0 Å². The third-order valence-corrected chi connectivity index (χ3v) is 2.84. The van der Waals surface area contributed by atoms with Crippen molar-refractivity contribution in [2.45, 2.75) is 20.0 Å². The normalized spacial score (nSPS) is 10.8. The van der Waals surface area contributed by atoms with E-state index < -0.39 is 0 Å². The molecular formula is C13H17N3O2. The van der Waals surface area contributed by atoms with Gasteiger partial charge in [0, 0.05) is 19.7 Å². The number of phenols is 1. The number of ether oxygens (including phenoxy) is 1. The topological polar surface area (TPSA) is 60.2 Å². The van der Waals surface area contributed by atoms with E-state index in [1.165, 1.54) is 0 Å². The minimum atomic E-state index is 0.267. The number of methoxy groups -OCH3 is 1. The van der Waals surface area contributed by atoms with E-state index in [2.05, 4.69) is 10.1 Å². The fourth-order valence-electron chi connectivity index (χ4n) is 1.88. The number of hydrogen-bond acceptors (Lipinski definition) is 4. The minimum absolute atomic E-state index is 0.267. The van der Waals surface area contributed by atoms with Gasteiger partial charge in [-0.15, -0.1) is 0 Å². The Kier molecular flexibility index (Phi) is 3.62. The van der Waals surface area contributed by atoms with Crippen molar-refractivity contribution in [2.24, 2.45) is 7.05 Å². The second kappa shape index (κ2) is 5.18. The van der Waals surface area contributed by atoms with Gasteiger partial charge in [-0.25, -0.2) is 4.98 Å². The number of aryl methyl sites for hydroxylation is 2. The lowest BCUT2D eigenvalue weighted by atomic mass is 10.0. The Morgan fingerprint density at radius 2 is 2.17 bits per heavy atom. The van der Waals surface area contributed by atoms with Crippen LogP contribution in [0.5, 0.6) is 5.75 Å². The molecule has 2 aromatic rings. The third-order valence-electron chi connectivity index (χ3n) is 2.84. The maximum Gasteiger partial charge on any atom is 0.181 e. The van der Waals surface area contributed by atoms with Crippen molar-refractivity contribution >= 4 is 0 Å². The lowest BCUT2D eigenvalue weighted by Gasteiger charge is -2.04. The van der Waals surface area contributed by atoms with Crippen LogP contribution in [0.3, 0.4) is 0 Å². The van der Waals surface area contributed by atoms with Crippen molar-refractivity contribution in [3.63, 3.8) is 0 Å². The summed E-state index contributed by atoms with van der Waals surface area (Å²) in [7, 11) is 3.48. The van der Waals surface area contributed by atoms with Gasteiger partial charge in [-0.2, -0.15) is 5.10 Å². The van der Waals surface area contributed by atoms with Gasteiger partial charge in [0.05, 0.1) is 0 Å². The number of phenolic OH excluding ortho intramolecular Hbond substituents is 1. The van der Waals surface area contributed by atoms with Crippen LogP contribution in [0.25, 0.3) is 11.4 Å². The molecule has 0 fully saturated rings. The highest BCUT2D eigenvalue weighted by Crippen LogP contribution is 2.25. The van der Waals surface area contributed by atoms with Gasteiger partial charge in [0.1, 0.15) is 12.4 Å². The van der Waals surface area contributed by atoms with Crippen LogP contribution in [0.1, 0.15) is 18.3 Å². The van der Waals surface area contributed by atoms with Gasteiger partial charge in [0.15, 0.2) is 11.6 Å². The largest absolute Gasteiger partial charge is 0.508 e. The Hall–Kier alpha value is -1.88. The van der Waals surface area contributed by atoms with Crippen LogP contribution in [0, 0.1) is 0 Å². The first-order chi connectivity index (χ1) is 8.65. The average Bonchev–Trinajstić information content (AvgIpc) is 2.71. The molecular weight excluding hydrogens is 230 g/mol. The standard InChI is InChI=1S/C13H17N3O2/c1-4-9-7-10(17)5-6-11(9)13-14-12(8-18-3)16(2)15-13/h5-7,17H,4,8H2,1-3H3. The zero-order valence-corrected chi connectivity index (χ0v) is 10.8. The average molecular weight is 247 g/mol. The molecule has 96 valence electrons. The first-order valence-corrected chi connectivity index (χ1v) is 5.86. The molecule has 1 aromatic carbocycles. The summed E-state index contributed by atoms with van der Waals surface area (Å²) in [6, 6.07) is 5.25. The summed E-state index contributed by atoms with van der Waals surface area (Å²) >= 11 is 0. The van der Waals surface area contributed by atoms with E-state index in [4.69, 9.17) is 4.74 Å². The molecule has 0 spiro atoms. The fraction of sp³-hybridized carbons (Fsp3) is 0.385.